The molecule has 0 aliphatic rings. The Hall–Kier alpha value is -3.47. The van der Waals surface area contributed by atoms with Crippen molar-refractivity contribution >= 4 is 17.3 Å². The molecule has 0 fully saturated rings. The fraction of sp³-hybridized carbons (Fsp3) is 0.174. The molecule has 0 unspecified atom stereocenters. The third-order valence-corrected chi connectivity index (χ3v) is 4.27. The zero-order valence-corrected chi connectivity index (χ0v) is 16.1. The Bertz CT molecular complexity index is 926. The van der Waals surface area contributed by atoms with Gasteiger partial charge in [-0.3, -0.25) is 4.79 Å². The van der Waals surface area contributed by atoms with Gasteiger partial charge in [-0.1, -0.05) is 42.5 Å². The van der Waals surface area contributed by atoms with E-state index < -0.39 is 0 Å². The van der Waals surface area contributed by atoms with Gasteiger partial charge in [-0.15, -0.1) is 0 Å². The molecule has 0 bridgehead atoms. The van der Waals surface area contributed by atoms with E-state index in [-0.39, 0.29) is 12.5 Å². The van der Waals surface area contributed by atoms with Gasteiger partial charge in [0.25, 0.3) is 5.91 Å². The third-order valence-electron chi connectivity index (χ3n) is 4.27. The fourth-order valence-electron chi connectivity index (χ4n) is 2.77. The zero-order valence-electron chi connectivity index (χ0n) is 16.1. The van der Waals surface area contributed by atoms with Gasteiger partial charge < -0.3 is 20.1 Å². The number of benzene rings is 3. The maximum absolute atomic E-state index is 12.1. The summed E-state index contributed by atoms with van der Waals surface area (Å²) >= 11 is 0. The molecule has 0 saturated carbocycles. The first-order valence-electron chi connectivity index (χ1n) is 9.10. The molecule has 0 saturated heterocycles. The Morgan fingerprint density at radius 1 is 0.929 bits per heavy atom. The van der Waals surface area contributed by atoms with E-state index in [2.05, 4.69) is 29.7 Å². The van der Waals surface area contributed by atoms with Crippen LogP contribution in [0.15, 0.2) is 72.8 Å². The minimum atomic E-state index is -0.224. The first-order chi connectivity index (χ1) is 13.7. The number of aryl methyl sites for hydroxylation is 1. The molecule has 3 aromatic carbocycles. The minimum absolute atomic E-state index is 0.0912. The highest BCUT2D eigenvalue weighted by Gasteiger charge is 2.09. The van der Waals surface area contributed by atoms with Gasteiger partial charge in [0.1, 0.15) is 0 Å². The van der Waals surface area contributed by atoms with E-state index >= 15 is 0 Å². The monoisotopic (exact) mass is 376 g/mol. The number of hydrogen-bond donors (Lipinski definition) is 2. The summed E-state index contributed by atoms with van der Waals surface area (Å²) in [7, 11) is 1.59. The van der Waals surface area contributed by atoms with Crippen LogP contribution in [0.2, 0.25) is 0 Å². The van der Waals surface area contributed by atoms with Crippen molar-refractivity contribution in [2.24, 2.45) is 0 Å². The Kier molecular flexibility index (Phi) is 6.52. The minimum Gasteiger partial charge on any atom is -0.493 e. The number of amides is 1. The highest BCUT2D eigenvalue weighted by Crippen LogP contribution is 2.28. The number of rotatable bonds is 8. The number of nitrogens with one attached hydrogen (secondary N) is 2. The molecule has 0 heterocycles. The Labute approximate surface area is 165 Å². The van der Waals surface area contributed by atoms with Gasteiger partial charge in [-0.25, -0.2) is 0 Å². The van der Waals surface area contributed by atoms with Gasteiger partial charge >= 0.3 is 0 Å². The van der Waals surface area contributed by atoms with E-state index in [1.165, 1.54) is 5.56 Å². The fourth-order valence-corrected chi connectivity index (χ4v) is 2.77. The summed E-state index contributed by atoms with van der Waals surface area (Å²) < 4.78 is 11.1. The Morgan fingerprint density at radius 3 is 2.43 bits per heavy atom. The molecule has 0 aliphatic heterocycles. The lowest BCUT2D eigenvalue weighted by Crippen LogP contribution is -2.20. The standard InChI is InChI=1S/C23H24N2O3/c1-17-8-6-7-11-20(17)24-15-18-12-13-21(22(14-18)27-2)28-16-23(26)25-19-9-4-3-5-10-19/h3-14,24H,15-16H2,1-2H3,(H,25,26). The maximum atomic E-state index is 12.1. The van der Waals surface area contributed by atoms with Crippen molar-refractivity contribution in [2.45, 2.75) is 13.5 Å². The van der Waals surface area contributed by atoms with Gasteiger partial charge in [-0.05, 0) is 48.4 Å². The summed E-state index contributed by atoms with van der Waals surface area (Å²) in [6.45, 7) is 2.64. The number of hydrogen-bond acceptors (Lipinski definition) is 4. The van der Waals surface area contributed by atoms with Crippen molar-refractivity contribution in [1.29, 1.82) is 0 Å². The quantitative estimate of drug-likeness (QED) is 0.602. The van der Waals surface area contributed by atoms with E-state index in [1.54, 1.807) is 7.11 Å². The predicted molar refractivity (Wildman–Crippen MR) is 112 cm³/mol. The molecule has 5 heteroatoms. The molecule has 28 heavy (non-hydrogen) atoms. The van der Waals surface area contributed by atoms with Crippen LogP contribution in [-0.2, 0) is 11.3 Å². The molecule has 1 amide bonds. The molecule has 144 valence electrons. The van der Waals surface area contributed by atoms with Crippen LogP contribution in [0, 0.1) is 6.92 Å². The first kappa shape index (κ1) is 19.3. The van der Waals surface area contributed by atoms with Crippen LogP contribution in [0.4, 0.5) is 11.4 Å². The van der Waals surface area contributed by atoms with E-state index in [0.717, 1.165) is 16.9 Å². The van der Waals surface area contributed by atoms with E-state index in [9.17, 15) is 4.79 Å². The van der Waals surface area contributed by atoms with Gasteiger partial charge in [0.05, 0.1) is 7.11 Å². The molecule has 2 N–H and O–H groups in total. The number of anilines is 2. The number of methoxy groups -OCH3 is 1. The van der Waals surface area contributed by atoms with Crippen molar-refractivity contribution in [3.8, 4) is 11.5 Å². The van der Waals surface area contributed by atoms with Crippen molar-refractivity contribution in [1.82, 2.24) is 0 Å². The predicted octanol–water partition coefficient (Wildman–Crippen LogP) is 4.63. The lowest BCUT2D eigenvalue weighted by atomic mass is 10.1. The average molecular weight is 376 g/mol. The molecule has 0 aliphatic carbocycles. The smallest absolute Gasteiger partial charge is 0.262 e. The van der Waals surface area contributed by atoms with Gasteiger partial charge in [0, 0.05) is 17.9 Å². The van der Waals surface area contributed by atoms with Gasteiger partial charge in [0.2, 0.25) is 0 Å². The maximum Gasteiger partial charge on any atom is 0.262 e. The zero-order chi connectivity index (χ0) is 19.8. The summed E-state index contributed by atoms with van der Waals surface area (Å²) in [5.41, 5.74) is 4.08. The summed E-state index contributed by atoms with van der Waals surface area (Å²) in [5, 5.41) is 6.21. The summed E-state index contributed by atoms with van der Waals surface area (Å²) in [4.78, 5) is 12.1. The number of carbonyl (C=O) groups excluding carboxylic acids is 1. The largest absolute Gasteiger partial charge is 0.493 e. The molecule has 0 radical (unpaired) electrons. The second kappa shape index (κ2) is 9.46. The normalized spacial score (nSPS) is 10.2. The highest BCUT2D eigenvalue weighted by atomic mass is 16.5. The molecule has 0 aromatic heterocycles. The van der Waals surface area contributed by atoms with E-state index in [0.29, 0.717) is 18.0 Å². The molecule has 0 spiro atoms. The van der Waals surface area contributed by atoms with Crippen LogP contribution in [0.3, 0.4) is 0 Å². The van der Waals surface area contributed by atoms with Crippen LogP contribution in [0.5, 0.6) is 11.5 Å². The molecule has 3 rings (SSSR count). The van der Waals surface area contributed by atoms with Crippen LogP contribution in [-0.4, -0.2) is 19.6 Å². The molecule has 3 aromatic rings. The van der Waals surface area contributed by atoms with Crippen molar-refractivity contribution in [2.75, 3.05) is 24.4 Å². The van der Waals surface area contributed by atoms with Crippen molar-refractivity contribution < 1.29 is 14.3 Å². The molecule has 5 nitrogen and oxygen atoms in total. The van der Waals surface area contributed by atoms with Gasteiger partial charge in [-0.2, -0.15) is 0 Å². The van der Waals surface area contributed by atoms with Crippen LogP contribution in [0.1, 0.15) is 11.1 Å². The highest BCUT2D eigenvalue weighted by molar-refractivity contribution is 5.91. The number of ether oxygens (including phenoxy) is 2. The lowest BCUT2D eigenvalue weighted by molar-refractivity contribution is -0.118. The topological polar surface area (TPSA) is 59.6 Å². The summed E-state index contributed by atoms with van der Waals surface area (Å²) in [5.74, 6) is 0.903. The second-order valence-corrected chi connectivity index (χ2v) is 6.36. The molecular formula is C23H24N2O3. The molecule has 0 atom stereocenters. The second-order valence-electron chi connectivity index (χ2n) is 6.36. The van der Waals surface area contributed by atoms with Gasteiger partial charge in [0.15, 0.2) is 18.1 Å². The summed E-state index contributed by atoms with van der Waals surface area (Å²) in [6.07, 6.45) is 0. The summed E-state index contributed by atoms with van der Waals surface area (Å²) in [6, 6.07) is 23.1. The van der Waals surface area contributed by atoms with Crippen LogP contribution >= 0.6 is 0 Å². The lowest BCUT2D eigenvalue weighted by Gasteiger charge is -2.14. The number of para-hydroxylation sites is 2. The first-order valence-corrected chi connectivity index (χ1v) is 9.10. The van der Waals surface area contributed by atoms with Crippen molar-refractivity contribution in [3.05, 3.63) is 83.9 Å². The van der Waals surface area contributed by atoms with Crippen molar-refractivity contribution in [3.63, 3.8) is 0 Å². The number of carbonyl (C=O) groups is 1. The molecular weight excluding hydrogens is 352 g/mol. The SMILES string of the molecule is COc1cc(CNc2ccccc2C)ccc1OCC(=O)Nc1ccccc1. The average Bonchev–Trinajstić information content (AvgIpc) is 2.72. The third kappa shape index (κ3) is 5.27. The van der Waals surface area contributed by atoms with E-state index in [4.69, 9.17) is 9.47 Å². The van der Waals surface area contributed by atoms with Crippen LogP contribution < -0.4 is 20.1 Å². The Balaban J connectivity index is 1.58. The van der Waals surface area contributed by atoms with E-state index in [1.807, 2.05) is 60.7 Å². The van der Waals surface area contributed by atoms with Crippen LogP contribution in [0.25, 0.3) is 0 Å². The Morgan fingerprint density at radius 2 is 1.68 bits per heavy atom.